The van der Waals surface area contributed by atoms with Gasteiger partial charge in [0.2, 0.25) is 23.6 Å². The van der Waals surface area contributed by atoms with E-state index in [9.17, 15) is 29.1 Å². The van der Waals surface area contributed by atoms with Crippen molar-refractivity contribution in [3.63, 3.8) is 0 Å². The van der Waals surface area contributed by atoms with Gasteiger partial charge in [0.05, 0.1) is 79.3 Å². The Labute approximate surface area is 554 Å². The first-order valence-electron chi connectivity index (χ1n) is 31.9. The number of carbonyl (C=O) groups excluding carboxylic acids is 5. The van der Waals surface area contributed by atoms with E-state index in [1.54, 1.807) is 21.0 Å². The number of hydrogen-bond donors (Lipinski definition) is 6. The molecule has 10 saturated heterocycles. The van der Waals surface area contributed by atoms with Crippen molar-refractivity contribution in [3.8, 4) is 11.8 Å². The third-order valence-electron chi connectivity index (χ3n) is 19.6. The van der Waals surface area contributed by atoms with Crippen molar-refractivity contribution in [1.29, 1.82) is 0 Å². The van der Waals surface area contributed by atoms with Gasteiger partial charge in [-0.15, -0.1) is 0 Å². The zero-order chi connectivity index (χ0) is 61.7. The Morgan fingerprint density at radius 2 is 1.60 bits per heavy atom. The largest absolute Gasteiger partial charge is 0.740 e. The number of unbranched alkanes of at least 4 members (excludes halogenated alkanes) is 2. The molecule has 1 radical (unpaired) electrons. The van der Waals surface area contributed by atoms with Crippen LogP contribution >= 0.6 is 0 Å². The molecule has 12 bridgehead atoms. The molecule has 21 atom stereocenters. The van der Waals surface area contributed by atoms with Crippen molar-refractivity contribution >= 4 is 42.0 Å². The summed E-state index contributed by atoms with van der Waals surface area (Å²) in [5, 5.41) is 22.8. The van der Waals surface area contributed by atoms with Crippen LogP contribution in [0.25, 0.3) is 0 Å². The number of nitrogens with one attached hydrogen (secondary N) is 4. The first-order chi connectivity index (χ1) is 41.7. The fraction of sp³-hybridized carbons (Fsp3) is 0.766. The number of carbonyl (C=O) groups is 5. The summed E-state index contributed by atoms with van der Waals surface area (Å²) in [6.45, 7) is 16.6. The Hall–Kier alpha value is -3.26. The van der Waals surface area contributed by atoms with Crippen molar-refractivity contribution in [1.82, 2.24) is 31.2 Å². The average molecular weight is 1390 g/mol. The van der Waals surface area contributed by atoms with Gasteiger partial charge in [0, 0.05) is 127 Å². The predicted molar refractivity (Wildman–Crippen MR) is 318 cm³/mol. The second-order valence-corrected chi connectivity index (χ2v) is 26.7. The van der Waals surface area contributed by atoms with Gasteiger partial charge >= 0.3 is 0 Å². The number of aliphatic hydroxyl groups is 1. The molecule has 0 aliphatic carbocycles. The number of nitrogens with two attached hydrogens (primary N) is 1. The maximum Gasteiger partial charge on any atom is 0.243 e. The van der Waals surface area contributed by atoms with Crippen LogP contribution in [0.3, 0.4) is 0 Å². The number of nitrogens with zero attached hydrogens (tertiary/aromatic N) is 2. The molecule has 2 unspecified atom stereocenters. The van der Waals surface area contributed by atoms with Gasteiger partial charge in [-0.2, -0.15) is 0 Å². The fourth-order valence-electron chi connectivity index (χ4n) is 14.9. The van der Waals surface area contributed by atoms with Crippen LogP contribution in [0.2, 0.25) is 0 Å². The SMILES string of the molecule is C=C1C[C@@H]2CC[C@@]34CC5O[C@H]6[C@@H](O3)[C@H]3O[C@H](CC[C@@H]3O[C@@]6(C)[C@H]5O4)CC(=O)C[C@@H]3[C@@H](OC)[C@@H](C[C@H](O)CNC(=O)CNC(=O)[C@H](CCCCN)NC(=O)[C@@H](NC(=O)CCCC#Cc4cnc([S-])nc4)C(C)C)O[C@H]3C[C@H]3O[C@@H](CCC1O2)C[C@@H](C)C3=C.[Tb]. The van der Waals surface area contributed by atoms with E-state index in [4.69, 9.17) is 61.0 Å². The number of rotatable bonds is 19. The number of amides is 4. The molecular formula is C64H92N7O15STb-. The van der Waals surface area contributed by atoms with Crippen molar-refractivity contribution in [3.05, 3.63) is 42.3 Å². The number of fused-ring (bicyclic) bond motifs is 6. The number of hydrogen-bond acceptors (Lipinski definition) is 19. The summed E-state index contributed by atoms with van der Waals surface area (Å²) in [4.78, 5) is 76.2. The van der Waals surface area contributed by atoms with E-state index in [1.807, 2.05) is 0 Å². The van der Waals surface area contributed by atoms with Crippen LogP contribution in [0, 0.1) is 68.2 Å². The Morgan fingerprint density at radius 1 is 0.841 bits per heavy atom. The van der Waals surface area contributed by atoms with Crippen molar-refractivity contribution in [2.45, 2.75) is 270 Å². The molecule has 10 aliphatic heterocycles. The zero-order valence-corrected chi connectivity index (χ0v) is 54.5. The van der Waals surface area contributed by atoms with E-state index < -0.39 is 96.4 Å². The summed E-state index contributed by atoms with van der Waals surface area (Å²) in [6, 6.07) is -1.96. The van der Waals surface area contributed by atoms with Crippen LogP contribution in [0.4, 0.5) is 0 Å². The topological polar surface area (TPSA) is 289 Å². The minimum Gasteiger partial charge on any atom is -0.740 e. The minimum atomic E-state index is -1.11. The number of aliphatic hydroxyl groups excluding tert-OH is 1. The van der Waals surface area contributed by atoms with Gasteiger partial charge in [0.25, 0.3) is 0 Å². The molecule has 489 valence electrons. The van der Waals surface area contributed by atoms with Crippen molar-refractivity contribution in [2.24, 2.45) is 23.5 Å². The van der Waals surface area contributed by atoms with Crippen molar-refractivity contribution in [2.75, 3.05) is 26.7 Å². The number of aromatic nitrogens is 2. The maximum atomic E-state index is 14.6. The second kappa shape index (κ2) is 30.7. The summed E-state index contributed by atoms with van der Waals surface area (Å²) in [5.41, 5.74) is 7.72. The molecule has 1 aromatic rings. The quantitative estimate of drug-likeness (QED) is 0.0378. The third kappa shape index (κ3) is 16.4. The summed E-state index contributed by atoms with van der Waals surface area (Å²) in [6.07, 6.45) is 6.73. The van der Waals surface area contributed by atoms with E-state index in [2.05, 4.69) is 70.1 Å². The molecular weight excluding hydrogens is 1300 g/mol. The summed E-state index contributed by atoms with van der Waals surface area (Å²) in [5.74, 6) is 2.43. The standard InChI is InChI=1S/C64H93N7O15S.Tb/c1-34(2)54(71-52(74)15-10-8-9-13-38-30-68-62(87)69-31-38)61(77)70-45(14-11-12-22-65)60(76)67-33-53(75)66-32-40(73)27-50-55(78-7)44-26-39(72)25-42-17-19-47-56(81-42)57-59-63(6,84-47)58-51(83-59)29-64(85-57,86-58)21-20-43-24-36(4)46(79-43)18-16-41-23-35(3)37(5)48(80-41)28-49(44)82-50;/h30-31,34-35,40-51,54-59,73H,4-5,8,10-12,14-29,32-33,65H2,1-3,6-7H3,(H,66,75)(H,67,76)(H,70,77)(H,71,74)(H,68,69,87);/p-1/t35-,40+,41+,42-,43+,44+,45+,46?,47+,48-,49+,50-,51?,54+,55-,56+,57+,58+,59+,63+,64-;/m1./s1. The number of ether oxygens (including phenoxy) is 9. The van der Waals surface area contributed by atoms with Gasteiger partial charge < -0.3 is 87.4 Å². The molecule has 11 rings (SSSR count). The van der Waals surface area contributed by atoms with Crippen LogP contribution in [0.15, 0.2) is 41.9 Å². The number of methoxy groups -OCH3 is 1. The van der Waals surface area contributed by atoms with E-state index in [0.717, 1.165) is 43.3 Å². The minimum absolute atomic E-state index is 0. The second-order valence-electron chi connectivity index (χ2n) is 26.4. The molecule has 1 spiro atoms. The van der Waals surface area contributed by atoms with Gasteiger partial charge in [-0.25, -0.2) is 0 Å². The van der Waals surface area contributed by atoms with E-state index in [-0.39, 0.29) is 155 Å². The van der Waals surface area contributed by atoms with Crippen LogP contribution < -0.4 is 27.0 Å². The molecule has 24 heteroatoms. The van der Waals surface area contributed by atoms with Gasteiger partial charge in [-0.3, -0.25) is 33.9 Å². The van der Waals surface area contributed by atoms with Gasteiger partial charge in [0.1, 0.15) is 47.9 Å². The van der Waals surface area contributed by atoms with Crippen molar-refractivity contribution < 1.29 is 110 Å². The maximum absolute atomic E-state index is 14.6. The third-order valence-corrected chi connectivity index (χ3v) is 19.8. The summed E-state index contributed by atoms with van der Waals surface area (Å²) < 4.78 is 61.4. The Bertz CT molecular complexity index is 2720. The number of Topliss-reactive ketones (excluding diaryl/α,β-unsaturated/α-hetero) is 1. The van der Waals surface area contributed by atoms with Crippen LogP contribution in [-0.2, 0) is 79.2 Å². The zero-order valence-electron chi connectivity index (χ0n) is 51.5. The molecule has 4 amide bonds. The van der Waals surface area contributed by atoms with Gasteiger partial charge in [-0.1, -0.05) is 45.8 Å². The number of ketones is 1. The monoisotopic (exact) mass is 1390 g/mol. The van der Waals surface area contributed by atoms with E-state index in [0.29, 0.717) is 69.9 Å². The van der Waals surface area contributed by atoms with Gasteiger partial charge in [-0.05, 0) is 107 Å². The molecule has 0 aromatic carbocycles. The van der Waals surface area contributed by atoms with Crippen LogP contribution in [0.1, 0.15) is 155 Å². The first-order valence-corrected chi connectivity index (χ1v) is 32.3. The molecule has 1 aromatic heterocycles. The van der Waals surface area contributed by atoms with Gasteiger partial charge in [0.15, 0.2) is 5.79 Å². The predicted octanol–water partition coefficient (Wildman–Crippen LogP) is 3.77. The van der Waals surface area contributed by atoms with E-state index >= 15 is 0 Å². The molecule has 88 heavy (non-hydrogen) atoms. The Balaban J connectivity index is 0.00000922. The molecule has 10 aliphatic rings. The molecule has 22 nitrogen and oxygen atoms in total. The summed E-state index contributed by atoms with van der Waals surface area (Å²) in [7, 11) is 1.58. The van der Waals surface area contributed by atoms with Crippen LogP contribution in [0.5, 0.6) is 0 Å². The first kappa shape index (κ1) is 69.1. The average Bonchev–Trinajstić information content (AvgIpc) is 1.53. The summed E-state index contributed by atoms with van der Waals surface area (Å²) >= 11 is 4.91. The fourth-order valence-corrected chi connectivity index (χ4v) is 15.0. The molecule has 7 N–H and O–H groups in total. The molecule has 0 saturated carbocycles. The smallest absolute Gasteiger partial charge is 0.243 e. The van der Waals surface area contributed by atoms with Crippen LogP contribution in [-0.4, -0.2) is 186 Å². The molecule has 11 heterocycles. The Kier molecular flexibility index (Phi) is 24.1. The molecule has 10 fully saturated rings. The van der Waals surface area contributed by atoms with E-state index in [1.165, 1.54) is 12.4 Å². The Morgan fingerprint density at radius 3 is 2.36 bits per heavy atom. The normalized spacial score (nSPS) is 36.8.